The van der Waals surface area contributed by atoms with Crippen molar-refractivity contribution in [2.45, 2.75) is 6.92 Å². The minimum atomic E-state index is 0.181. The number of nitrogens with two attached hydrogens (primary N) is 1. The van der Waals surface area contributed by atoms with Crippen molar-refractivity contribution in [3.8, 4) is 17.6 Å². The molecule has 0 aliphatic rings. The molecule has 1 aromatic heterocycles. The summed E-state index contributed by atoms with van der Waals surface area (Å²) in [5.74, 6) is 0.707. The van der Waals surface area contributed by atoms with Gasteiger partial charge in [-0.05, 0) is 24.6 Å². The normalized spacial score (nSPS) is 10.2. The van der Waals surface area contributed by atoms with Crippen molar-refractivity contribution in [1.82, 2.24) is 9.97 Å². The number of rotatable bonds is 3. The predicted octanol–water partition coefficient (Wildman–Crippen LogP) is 2.82. The predicted molar refractivity (Wildman–Crippen MR) is 69.3 cm³/mol. The summed E-state index contributed by atoms with van der Waals surface area (Å²) in [4.78, 5) is 7.88. The first kappa shape index (κ1) is 12.4. The number of benzene rings is 1. The molecular formula is C12H12ClN3O2. The van der Waals surface area contributed by atoms with E-state index in [9.17, 15) is 0 Å². The lowest BCUT2D eigenvalue weighted by Gasteiger charge is -2.10. The van der Waals surface area contributed by atoms with E-state index in [4.69, 9.17) is 26.8 Å². The topological polar surface area (TPSA) is 70.3 Å². The minimum absolute atomic E-state index is 0.181. The Morgan fingerprint density at radius 1 is 1.33 bits per heavy atom. The number of methoxy groups -OCH3 is 1. The Morgan fingerprint density at radius 3 is 2.83 bits per heavy atom. The maximum atomic E-state index is 5.95. The molecule has 0 aliphatic heterocycles. The fourth-order valence-electron chi connectivity index (χ4n) is 1.34. The van der Waals surface area contributed by atoms with E-state index >= 15 is 0 Å². The van der Waals surface area contributed by atoms with Crippen molar-refractivity contribution in [2.75, 3.05) is 12.8 Å². The van der Waals surface area contributed by atoms with Crippen LogP contribution in [0.5, 0.6) is 17.6 Å². The van der Waals surface area contributed by atoms with Gasteiger partial charge in [0.1, 0.15) is 5.02 Å². The van der Waals surface area contributed by atoms with Gasteiger partial charge in [-0.15, -0.1) is 0 Å². The quantitative estimate of drug-likeness (QED) is 0.864. The first-order chi connectivity index (χ1) is 8.60. The number of nitrogens with zero attached hydrogens (tertiary/aromatic N) is 2. The van der Waals surface area contributed by atoms with E-state index in [-0.39, 0.29) is 16.9 Å². The third-order valence-corrected chi connectivity index (χ3v) is 2.51. The molecule has 0 bridgehead atoms. The molecule has 0 spiro atoms. The maximum Gasteiger partial charge on any atom is 0.319 e. The highest BCUT2D eigenvalue weighted by atomic mass is 35.5. The van der Waals surface area contributed by atoms with Crippen LogP contribution in [0.3, 0.4) is 0 Å². The summed E-state index contributed by atoms with van der Waals surface area (Å²) < 4.78 is 10.5. The van der Waals surface area contributed by atoms with Gasteiger partial charge >= 0.3 is 6.01 Å². The van der Waals surface area contributed by atoms with Crippen molar-refractivity contribution in [3.63, 3.8) is 0 Å². The highest BCUT2D eigenvalue weighted by Gasteiger charge is 2.10. The maximum absolute atomic E-state index is 5.95. The van der Waals surface area contributed by atoms with Crippen LogP contribution in [0, 0.1) is 6.92 Å². The second kappa shape index (κ2) is 5.10. The standard InChI is InChI=1S/C12H12ClN3O2/c1-7-3-4-9(14)10(5-7)18-11-8(13)6-15-12(16-11)17-2/h3-6H,14H2,1-2H3. The Bertz CT molecular complexity index is 575. The number of anilines is 1. The van der Waals surface area contributed by atoms with Gasteiger partial charge < -0.3 is 15.2 Å². The van der Waals surface area contributed by atoms with Gasteiger partial charge in [0.2, 0.25) is 5.88 Å². The van der Waals surface area contributed by atoms with Crippen LogP contribution < -0.4 is 15.2 Å². The molecule has 0 atom stereocenters. The van der Waals surface area contributed by atoms with Crippen molar-refractivity contribution in [1.29, 1.82) is 0 Å². The highest BCUT2D eigenvalue weighted by molar-refractivity contribution is 6.31. The van der Waals surface area contributed by atoms with E-state index < -0.39 is 0 Å². The Hall–Kier alpha value is -2.01. The number of hydrogen-bond donors (Lipinski definition) is 1. The van der Waals surface area contributed by atoms with Crippen molar-refractivity contribution >= 4 is 17.3 Å². The SMILES string of the molecule is COc1ncc(Cl)c(Oc2cc(C)ccc2N)n1. The molecule has 0 saturated heterocycles. The molecule has 0 amide bonds. The van der Waals surface area contributed by atoms with E-state index in [1.165, 1.54) is 13.3 Å². The smallest absolute Gasteiger partial charge is 0.319 e. The monoisotopic (exact) mass is 265 g/mol. The van der Waals surface area contributed by atoms with E-state index in [0.717, 1.165) is 5.56 Å². The summed E-state index contributed by atoms with van der Waals surface area (Å²) in [6, 6.07) is 5.64. The van der Waals surface area contributed by atoms with Crippen LogP contribution in [-0.2, 0) is 0 Å². The van der Waals surface area contributed by atoms with E-state index in [1.807, 2.05) is 13.0 Å². The van der Waals surface area contributed by atoms with Gasteiger partial charge in [-0.3, -0.25) is 0 Å². The van der Waals surface area contributed by atoms with E-state index in [2.05, 4.69) is 9.97 Å². The zero-order chi connectivity index (χ0) is 13.1. The Labute approximate surface area is 110 Å². The average molecular weight is 266 g/mol. The summed E-state index contributed by atoms with van der Waals surface area (Å²) in [7, 11) is 1.47. The van der Waals surface area contributed by atoms with Gasteiger partial charge in [-0.2, -0.15) is 4.98 Å². The third kappa shape index (κ3) is 2.62. The summed E-state index contributed by atoms with van der Waals surface area (Å²) in [5.41, 5.74) is 7.35. The molecule has 1 aromatic carbocycles. The van der Waals surface area contributed by atoms with Gasteiger partial charge in [0.15, 0.2) is 5.75 Å². The molecule has 0 aliphatic carbocycles. The Balaban J connectivity index is 2.36. The Morgan fingerprint density at radius 2 is 2.11 bits per heavy atom. The fourth-order valence-corrected chi connectivity index (χ4v) is 1.47. The van der Waals surface area contributed by atoms with Gasteiger partial charge in [-0.25, -0.2) is 4.98 Å². The molecule has 2 aromatic rings. The molecule has 0 fully saturated rings. The molecule has 6 heteroatoms. The van der Waals surface area contributed by atoms with Crippen LogP contribution in [0.1, 0.15) is 5.56 Å². The first-order valence-electron chi connectivity index (χ1n) is 5.20. The Kier molecular flexibility index (Phi) is 3.53. The van der Waals surface area contributed by atoms with Gasteiger partial charge in [-0.1, -0.05) is 17.7 Å². The molecule has 0 saturated carbocycles. The third-order valence-electron chi connectivity index (χ3n) is 2.25. The number of aromatic nitrogens is 2. The van der Waals surface area contributed by atoms with Crippen LogP contribution >= 0.6 is 11.6 Å². The fraction of sp³-hybridized carbons (Fsp3) is 0.167. The molecule has 94 valence electrons. The molecule has 0 unspecified atom stereocenters. The number of aryl methyl sites for hydroxylation is 1. The number of halogens is 1. The largest absolute Gasteiger partial charge is 0.467 e. The lowest BCUT2D eigenvalue weighted by molar-refractivity contribution is 0.366. The lowest BCUT2D eigenvalue weighted by Crippen LogP contribution is -1.98. The molecule has 2 rings (SSSR count). The zero-order valence-electron chi connectivity index (χ0n) is 9.98. The highest BCUT2D eigenvalue weighted by Crippen LogP contribution is 2.31. The molecule has 18 heavy (non-hydrogen) atoms. The minimum Gasteiger partial charge on any atom is -0.467 e. The van der Waals surface area contributed by atoms with E-state index in [1.54, 1.807) is 12.1 Å². The lowest BCUT2D eigenvalue weighted by atomic mass is 10.2. The molecular weight excluding hydrogens is 254 g/mol. The number of nitrogen functional groups attached to an aromatic ring is 1. The average Bonchev–Trinajstić information content (AvgIpc) is 2.36. The van der Waals surface area contributed by atoms with Crippen molar-refractivity contribution < 1.29 is 9.47 Å². The second-order valence-corrected chi connectivity index (χ2v) is 4.06. The summed E-state index contributed by atoms with van der Waals surface area (Å²) >= 11 is 5.95. The number of hydrogen-bond acceptors (Lipinski definition) is 5. The molecule has 1 heterocycles. The van der Waals surface area contributed by atoms with Crippen LogP contribution in [0.4, 0.5) is 5.69 Å². The van der Waals surface area contributed by atoms with Crippen LogP contribution in [0.25, 0.3) is 0 Å². The molecule has 5 nitrogen and oxygen atoms in total. The van der Waals surface area contributed by atoms with Crippen LogP contribution in [0.15, 0.2) is 24.4 Å². The van der Waals surface area contributed by atoms with Gasteiger partial charge in [0.25, 0.3) is 0 Å². The summed E-state index contributed by atoms with van der Waals surface area (Å²) in [5, 5.41) is 0.289. The molecule has 0 radical (unpaired) electrons. The zero-order valence-corrected chi connectivity index (χ0v) is 10.7. The van der Waals surface area contributed by atoms with Crippen LogP contribution in [-0.4, -0.2) is 17.1 Å². The molecule has 2 N–H and O–H groups in total. The van der Waals surface area contributed by atoms with Crippen molar-refractivity contribution in [3.05, 3.63) is 35.0 Å². The number of ether oxygens (including phenoxy) is 2. The van der Waals surface area contributed by atoms with Gasteiger partial charge in [0, 0.05) is 0 Å². The second-order valence-electron chi connectivity index (χ2n) is 3.65. The van der Waals surface area contributed by atoms with Crippen LogP contribution in [0.2, 0.25) is 5.02 Å². The first-order valence-corrected chi connectivity index (χ1v) is 5.58. The summed E-state index contributed by atoms with van der Waals surface area (Å²) in [6.45, 7) is 1.94. The van der Waals surface area contributed by atoms with Gasteiger partial charge in [0.05, 0.1) is 19.0 Å². The van der Waals surface area contributed by atoms with Crippen molar-refractivity contribution in [2.24, 2.45) is 0 Å². The summed E-state index contributed by atoms with van der Waals surface area (Å²) in [6.07, 6.45) is 1.41. The van der Waals surface area contributed by atoms with E-state index in [0.29, 0.717) is 11.4 Å².